The van der Waals surface area contributed by atoms with E-state index in [1.807, 2.05) is 13.8 Å². The number of nitrogens with one attached hydrogen (secondary N) is 1. The zero-order chi connectivity index (χ0) is 12.9. The van der Waals surface area contributed by atoms with Crippen LogP contribution in [0, 0.1) is 0 Å². The van der Waals surface area contributed by atoms with E-state index in [2.05, 4.69) is 31.0 Å². The molecule has 0 aromatic heterocycles. The van der Waals surface area contributed by atoms with Crippen LogP contribution in [0.1, 0.15) is 34.6 Å². The predicted molar refractivity (Wildman–Crippen MR) is 70.2 cm³/mol. The molecule has 0 bridgehead atoms. The summed E-state index contributed by atoms with van der Waals surface area (Å²) in [4.78, 5) is 2.42. The van der Waals surface area contributed by atoms with Crippen molar-refractivity contribution in [2.45, 2.75) is 52.5 Å². The molecule has 0 radical (unpaired) electrons. The highest BCUT2D eigenvalue weighted by Gasteiger charge is 2.28. The van der Waals surface area contributed by atoms with Gasteiger partial charge >= 0.3 is 0 Å². The second kappa shape index (κ2) is 6.69. The number of hydrogen-bond acceptors (Lipinski definition) is 4. The summed E-state index contributed by atoms with van der Waals surface area (Å²) in [6, 6.07) is 0.780. The molecule has 0 aromatic carbocycles. The highest BCUT2D eigenvalue weighted by molar-refractivity contribution is 4.77. The third-order valence-electron chi connectivity index (χ3n) is 3.21. The van der Waals surface area contributed by atoms with Gasteiger partial charge in [0, 0.05) is 12.6 Å². The van der Waals surface area contributed by atoms with Crippen LogP contribution in [0.15, 0.2) is 0 Å². The molecule has 1 heterocycles. The molecule has 0 saturated carbocycles. The van der Waals surface area contributed by atoms with Crippen molar-refractivity contribution in [1.82, 2.24) is 10.2 Å². The van der Waals surface area contributed by atoms with Crippen LogP contribution in [0.3, 0.4) is 0 Å². The maximum atomic E-state index is 5.64. The molecule has 17 heavy (non-hydrogen) atoms. The Morgan fingerprint density at radius 3 is 2.24 bits per heavy atom. The first-order chi connectivity index (χ1) is 7.96. The van der Waals surface area contributed by atoms with Gasteiger partial charge < -0.3 is 19.7 Å². The molecule has 0 aromatic rings. The molecule has 1 N–H and O–H groups in total. The van der Waals surface area contributed by atoms with Crippen molar-refractivity contribution in [2.24, 2.45) is 0 Å². The van der Waals surface area contributed by atoms with Gasteiger partial charge in [-0.15, -0.1) is 0 Å². The van der Waals surface area contributed by atoms with Crippen molar-refractivity contribution in [3.8, 4) is 0 Å². The minimum Gasteiger partial charge on any atom is -0.349 e. The smallest absolute Gasteiger partial charge is 0.162 e. The van der Waals surface area contributed by atoms with Crippen molar-refractivity contribution >= 4 is 0 Å². The minimum absolute atomic E-state index is 0.314. The minimum atomic E-state index is -0.416. The van der Waals surface area contributed by atoms with Crippen molar-refractivity contribution in [3.63, 3.8) is 0 Å². The van der Waals surface area contributed by atoms with Crippen LogP contribution >= 0.6 is 0 Å². The van der Waals surface area contributed by atoms with Gasteiger partial charge in [-0.3, -0.25) is 0 Å². The van der Waals surface area contributed by atoms with Crippen molar-refractivity contribution in [2.75, 3.05) is 32.8 Å². The lowest BCUT2D eigenvalue weighted by molar-refractivity contribution is -0.253. The molecule has 4 nitrogen and oxygen atoms in total. The molecular formula is C13H28N2O2. The average molecular weight is 244 g/mol. The molecule has 0 spiro atoms. The predicted octanol–water partition coefficient (Wildman–Crippen LogP) is 1.46. The number of ether oxygens (including phenoxy) is 2. The van der Waals surface area contributed by atoms with Crippen molar-refractivity contribution < 1.29 is 9.47 Å². The zero-order valence-corrected chi connectivity index (χ0v) is 12.0. The summed E-state index contributed by atoms with van der Waals surface area (Å²) >= 11 is 0. The molecule has 102 valence electrons. The first kappa shape index (κ1) is 14.9. The summed E-state index contributed by atoms with van der Waals surface area (Å²) in [5.74, 6) is -0.416. The van der Waals surface area contributed by atoms with E-state index >= 15 is 0 Å². The normalized spacial score (nSPS) is 22.9. The lowest BCUT2D eigenvalue weighted by Crippen LogP contribution is -2.53. The van der Waals surface area contributed by atoms with Gasteiger partial charge in [0.25, 0.3) is 0 Å². The molecule has 0 amide bonds. The second-order valence-electron chi connectivity index (χ2n) is 5.27. The first-order valence-corrected chi connectivity index (χ1v) is 6.73. The van der Waals surface area contributed by atoms with E-state index in [-0.39, 0.29) is 0 Å². The van der Waals surface area contributed by atoms with E-state index in [1.165, 1.54) is 0 Å². The SMILES string of the molecule is CCN(CC)CC(C)NC1COC(C)(C)OC1. The van der Waals surface area contributed by atoms with Crippen molar-refractivity contribution in [3.05, 3.63) is 0 Å². The fraction of sp³-hybridized carbons (Fsp3) is 1.00. The Bertz CT molecular complexity index is 207. The van der Waals surface area contributed by atoms with Gasteiger partial charge in [-0.25, -0.2) is 0 Å². The highest BCUT2D eigenvalue weighted by atomic mass is 16.7. The van der Waals surface area contributed by atoms with Crippen molar-refractivity contribution in [1.29, 1.82) is 0 Å². The zero-order valence-electron chi connectivity index (χ0n) is 12.0. The second-order valence-corrected chi connectivity index (χ2v) is 5.27. The van der Waals surface area contributed by atoms with Gasteiger partial charge in [0.2, 0.25) is 0 Å². The molecule has 1 atom stereocenters. The molecular weight excluding hydrogens is 216 g/mol. The summed E-state index contributed by atoms with van der Waals surface area (Å²) in [5.41, 5.74) is 0. The van der Waals surface area contributed by atoms with E-state index in [0.717, 1.165) is 32.8 Å². The van der Waals surface area contributed by atoms with Gasteiger partial charge in [0.15, 0.2) is 5.79 Å². The van der Waals surface area contributed by atoms with Gasteiger partial charge in [-0.1, -0.05) is 13.8 Å². The van der Waals surface area contributed by atoms with Crippen LogP contribution < -0.4 is 5.32 Å². The number of likely N-dealkylation sites (N-methyl/N-ethyl adjacent to an activating group) is 1. The molecule has 1 saturated heterocycles. The summed E-state index contributed by atoms with van der Waals surface area (Å²) in [5, 5.41) is 3.56. The summed E-state index contributed by atoms with van der Waals surface area (Å²) in [6.07, 6.45) is 0. The van der Waals surface area contributed by atoms with Gasteiger partial charge in [-0.2, -0.15) is 0 Å². The molecule has 4 heteroatoms. The highest BCUT2D eigenvalue weighted by Crippen LogP contribution is 2.17. The van der Waals surface area contributed by atoms with E-state index in [0.29, 0.717) is 12.1 Å². The Labute approximate surface area is 106 Å². The third-order valence-corrected chi connectivity index (χ3v) is 3.21. The summed E-state index contributed by atoms with van der Waals surface area (Å²) in [7, 11) is 0. The van der Waals surface area contributed by atoms with Gasteiger partial charge in [0.05, 0.1) is 19.3 Å². The van der Waals surface area contributed by atoms with E-state index < -0.39 is 5.79 Å². The fourth-order valence-electron chi connectivity index (χ4n) is 2.11. The summed E-state index contributed by atoms with van der Waals surface area (Å²) < 4.78 is 11.3. The fourth-order valence-corrected chi connectivity index (χ4v) is 2.11. The van der Waals surface area contributed by atoms with E-state index in [1.54, 1.807) is 0 Å². The largest absolute Gasteiger partial charge is 0.349 e. The molecule has 1 fully saturated rings. The molecule has 1 aliphatic rings. The Hall–Kier alpha value is -0.160. The maximum Gasteiger partial charge on any atom is 0.162 e. The number of hydrogen-bond donors (Lipinski definition) is 1. The Morgan fingerprint density at radius 2 is 1.76 bits per heavy atom. The van der Waals surface area contributed by atoms with Gasteiger partial charge in [-0.05, 0) is 33.9 Å². The maximum absolute atomic E-state index is 5.64. The Morgan fingerprint density at radius 1 is 1.24 bits per heavy atom. The van der Waals surface area contributed by atoms with E-state index in [4.69, 9.17) is 9.47 Å². The molecule has 1 aliphatic heterocycles. The van der Waals surface area contributed by atoms with Crippen LogP contribution in [0.4, 0.5) is 0 Å². The lowest BCUT2D eigenvalue weighted by atomic mass is 10.2. The average Bonchev–Trinajstić information content (AvgIpc) is 2.29. The Balaban J connectivity index is 2.25. The standard InChI is InChI=1S/C13H28N2O2/c1-6-15(7-2)8-11(3)14-12-9-16-13(4,5)17-10-12/h11-12,14H,6-10H2,1-5H3. The van der Waals surface area contributed by atoms with Crippen LogP contribution in [0.25, 0.3) is 0 Å². The summed E-state index contributed by atoms with van der Waals surface area (Å²) in [6.45, 7) is 15.3. The van der Waals surface area contributed by atoms with Crippen LogP contribution in [-0.2, 0) is 9.47 Å². The number of rotatable bonds is 6. The monoisotopic (exact) mass is 244 g/mol. The molecule has 0 aliphatic carbocycles. The molecule has 1 unspecified atom stereocenters. The van der Waals surface area contributed by atoms with Crippen LogP contribution in [-0.4, -0.2) is 55.6 Å². The lowest BCUT2D eigenvalue weighted by Gasteiger charge is -2.37. The van der Waals surface area contributed by atoms with Gasteiger partial charge in [0.1, 0.15) is 0 Å². The topological polar surface area (TPSA) is 33.7 Å². The van der Waals surface area contributed by atoms with E-state index in [9.17, 15) is 0 Å². The quantitative estimate of drug-likeness (QED) is 0.767. The molecule has 1 rings (SSSR count). The number of nitrogens with zero attached hydrogens (tertiary/aromatic N) is 1. The van der Waals surface area contributed by atoms with Crippen LogP contribution in [0.5, 0.6) is 0 Å². The first-order valence-electron chi connectivity index (χ1n) is 6.73. The third kappa shape index (κ3) is 5.34. The van der Waals surface area contributed by atoms with Crippen LogP contribution in [0.2, 0.25) is 0 Å². The Kier molecular flexibility index (Phi) is 5.86.